The zero-order valence-corrected chi connectivity index (χ0v) is 20.6. The van der Waals surface area contributed by atoms with Gasteiger partial charge in [0, 0.05) is 54.8 Å². The van der Waals surface area contributed by atoms with Gasteiger partial charge in [-0.15, -0.1) is 0 Å². The largest absolute Gasteiger partial charge is 0.444 e. The second-order valence-corrected chi connectivity index (χ2v) is 9.76. The Labute approximate surface area is 205 Å². The fourth-order valence-electron chi connectivity index (χ4n) is 3.98. The van der Waals surface area contributed by atoms with Gasteiger partial charge in [-0.05, 0) is 50.6 Å². The fraction of sp³-hybridized carbons (Fsp3) is 0.308. The topological polar surface area (TPSA) is 79.4 Å². The molecule has 4 aromatic rings. The van der Waals surface area contributed by atoms with Crippen molar-refractivity contribution >= 4 is 39.5 Å². The van der Waals surface area contributed by atoms with E-state index >= 15 is 0 Å². The highest BCUT2D eigenvalue weighted by molar-refractivity contribution is 6.15. The summed E-state index contributed by atoms with van der Waals surface area (Å²) in [6.07, 6.45) is -1.76. The van der Waals surface area contributed by atoms with Gasteiger partial charge in [0.2, 0.25) is 0 Å². The second-order valence-electron chi connectivity index (χ2n) is 9.76. The third-order valence-corrected chi connectivity index (χ3v) is 5.68. The Kier molecular flexibility index (Phi) is 6.24. The highest BCUT2D eigenvalue weighted by Gasteiger charge is 2.31. The lowest BCUT2D eigenvalue weighted by Crippen LogP contribution is -2.33. The first-order valence-electron chi connectivity index (χ1n) is 11.2. The molecule has 2 amide bonds. The van der Waals surface area contributed by atoms with Crippen LogP contribution in [-0.2, 0) is 24.5 Å². The maximum Gasteiger partial charge on any atom is 0.416 e. The Hall–Kier alpha value is -3.95. The molecule has 0 saturated carbocycles. The zero-order valence-electron chi connectivity index (χ0n) is 20.6. The number of amides is 2. The molecule has 0 aliphatic rings. The standard InChI is InChI=1S/C26H27F3N4O3/c1-25(2,3)36-24(35)33(5)13-15-6-9-20-18(10-15)21(12-30-20)31-23(34)19-14-32(4)22-11-16(26(27,28)29)7-8-17(19)22/h6-12,14,30H,13H2,1-5H3,(H,31,34). The predicted molar refractivity (Wildman–Crippen MR) is 132 cm³/mol. The van der Waals surface area contributed by atoms with Gasteiger partial charge in [0.05, 0.1) is 16.8 Å². The molecule has 0 bridgehead atoms. The molecule has 7 nitrogen and oxygen atoms in total. The number of hydrogen-bond acceptors (Lipinski definition) is 3. The van der Waals surface area contributed by atoms with Crippen molar-refractivity contribution in [2.45, 2.75) is 39.1 Å². The van der Waals surface area contributed by atoms with Crippen LogP contribution in [0.2, 0.25) is 0 Å². The van der Waals surface area contributed by atoms with E-state index in [1.165, 1.54) is 21.7 Å². The number of aromatic nitrogens is 2. The molecule has 0 aliphatic heterocycles. The number of aromatic amines is 1. The van der Waals surface area contributed by atoms with Gasteiger partial charge in [0.15, 0.2) is 0 Å². The number of anilines is 1. The molecule has 2 aromatic heterocycles. The minimum atomic E-state index is -4.47. The van der Waals surface area contributed by atoms with E-state index in [0.717, 1.165) is 28.6 Å². The van der Waals surface area contributed by atoms with E-state index in [-0.39, 0.29) is 5.56 Å². The number of nitrogens with zero attached hydrogens (tertiary/aromatic N) is 2. The van der Waals surface area contributed by atoms with Gasteiger partial charge in [-0.1, -0.05) is 12.1 Å². The van der Waals surface area contributed by atoms with E-state index < -0.39 is 29.3 Å². The predicted octanol–water partition coefficient (Wildman–Crippen LogP) is 6.30. The number of alkyl halides is 3. The number of benzene rings is 2. The van der Waals surface area contributed by atoms with Crippen LogP contribution in [-0.4, -0.2) is 39.1 Å². The molecule has 2 heterocycles. The summed E-state index contributed by atoms with van der Waals surface area (Å²) in [5.41, 5.74) is 1.31. The first kappa shape index (κ1) is 25.2. The molecule has 2 aromatic carbocycles. The highest BCUT2D eigenvalue weighted by atomic mass is 19.4. The van der Waals surface area contributed by atoms with E-state index in [0.29, 0.717) is 23.1 Å². The van der Waals surface area contributed by atoms with Crippen LogP contribution in [0.5, 0.6) is 0 Å². The molecular formula is C26H27F3N4O3. The molecule has 190 valence electrons. The smallest absolute Gasteiger partial charge is 0.416 e. The molecule has 0 atom stereocenters. The van der Waals surface area contributed by atoms with Crippen LogP contribution in [0.1, 0.15) is 42.3 Å². The van der Waals surface area contributed by atoms with Crippen molar-refractivity contribution < 1.29 is 27.5 Å². The number of carbonyl (C=O) groups excluding carboxylic acids is 2. The number of H-pyrrole nitrogens is 1. The minimum Gasteiger partial charge on any atom is -0.444 e. The van der Waals surface area contributed by atoms with Gasteiger partial charge in [0.25, 0.3) is 5.91 Å². The number of ether oxygens (including phenoxy) is 1. The summed E-state index contributed by atoms with van der Waals surface area (Å²) in [5, 5.41) is 4.01. The number of aryl methyl sites for hydroxylation is 1. The zero-order chi connectivity index (χ0) is 26.4. The van der Waals surface area contributed by atoms with E-state index in [4.69, 9.17) is 4.74 Å². The Morgan fingerprint density at radius 3 is 2.47 bits per heavy atom. The van der Waals surface area contributed by atoms with Gasteiger partial charge in [0.1, 0.15) is 5.60 Å². The van der Waals surface area contributed by atoms with E-state index in [2.05, 4.69) is 10.3 Å². The number of hydrogen-bond donors (Lipinski definition) is 2. The average molecular weight is 501 g/mol. The van der Waals surface area contributed by atoms with Crippen LogP contribution in [0.15, 0.2) is 48.8 Å². The van der Waals surface area contributed by atoms with Crippen LogP contribution in [0.25, 0.3) is 21.8 Å². The second kappa shape index (κ2) is 8.92. The normalized spacial score (nSPS) is 12.2. The van der Waals surface area contributed by atoms with Crippen molar-refractivity contribution in [3.63, 3.8) is 0 Å². The molecule has 0 unspecified atom stereocenters. The Balaban J connectivity index is 1.58. The van der Waals surface area contributed by atoms with Crippen molar-refractivity contribution in [3.05, 3.63) is 65.5 Å². The summed E-state index contributed by atoms with van der Waals surface area (Å²) >= 11 is 0. The molecule has 36 heavy (non-hydrogen) atoms. The van der Waals surface area contributed by atoms with Crippen LogP contribution in [0.4, 0.5) is 23.7 Å². The Bertz CT molecular complexity index is 1460. The molecule has 0 aliphatic carbocycles. The van der Waals surface area contributed by atoms with E-state index in [9.17, 15) is 22.8 Å². The van der Waals surface area contributed by atoms with Gasteiger partial charge in [-0.2, -0.15) is 13.2 Å². The first-order chi connectivity index (χ1) is 16.7. The van der Waals surface area contributed by atoms with Crippen LogP contribution >= 0.6 is 0 Å². The summed E-state index contributed by atoms with van der Waals surface area (Å²) in [6, 6.07) is 8.89. The monoisotopic (exact) mass is 500 g/mol. The number of carbonyl (C=O) groups is 2. The van der Waals surface area contributed by atoms with Crippen LogP contribution in [0, 0.1) is 0 Å². The van der Waals surface area contributed by atoms with Crippen molar-refractivity contribution in [1.29, 1.82) is 0 Å². The van der Waals surface area contributed by atoms with Crippen molar-refractivity contribution in [3.8, 4) is 0 Å². The molecule has 10 heteroatoms. The summed E-state index contributed by atoms with van der Waals surface area (Å²) in [6.45, 7) is 5.69. The maximum atomic E-state index is 13.1. The van der Waals surface area contributed by atoms with E-state index in [1.807, 2.05) is 18.2 Å². The summed E-state index contributed by atoms with van der Waals surface area (Å²) in [7, 11) is 3.24. The van der Waals surface area contributed by atoms with Gasteiger partial charge in [-0.3, -0.25) is 4.79 Å². The molecule has 4 rings (SSSR count). The first-order valence-corrected chi connectivity index (χ1v) is 11.2. The SMILES string of the molecule is CN(Cc1ccc2[nH]cc(NC(=O)c3cn(C)c4cc(C(F)(F)F)ccc34)c2c1)C(=O)OC(C)(C)C. The van der Waals surface area contributed by atoms with Crippen LogP contribution < -0.4 is 5.32 Å². The Morgan fingerprint density at radius 2 is 1.81 bits per heavy atom. The van der Waals surface area contributed by atoms with Gasteiger partial charge in [-0.25, -0.2) is 4.79 Å². The van der Waals surface area contributed by atoms with Crippen molar-refractivity contribution in [2.24, 2.45) is 7.05 Å². The van der Waals surface area contributed by atoms with Crippen molar-refractivity contribution in [1.82, 2.24) is 14.5 Å². The third kappa shape index (κ3) is 5.17. The summed E-state index contributed by atoms with van der Waals surface area (Å²) < 4.78 is 46.3. The average Bonchev–Trinajstić information content (AvgIpc) is 3.32. The van der Waals surface area contributed by atoms with E-state index in [1.54, 1.807) is 41.1 Å². The number of fused-ring (bicyclic) bond motifs is 2. The number of nitrogens with one attached hydrogen (secondary N) is 2. The quantitative estimate of drug-likeness (QED) is 0.345. The molecular weight excluding hydrogens is 473 g/mol. The summed E-state index contributed by atoms with van der Waals surface area (Å²) in [5.74, 6) is -0.447. The van der Waals surface area contributed by atoms with Gasteiger partial charge < -0.3 is 24.5 Å². The number of halogens is 3. The Morgan fingerprint density at radius 1 is 1.08 bits per heavy atom. The number of rotatable bonds is 4. The maximum absolute atomic E-state index is 13.1. The van der Waals surface area contributed by atoms with Crippen molar-refractivity contribution in [2.75, 3.05) is 12.4 Å². The molecule has 0 saturated heterocycles. The molecule has 2 N–H and O–H groups in total. The highest BCUT2D eigenvalue weighted by Crippen LogP contribution is 2.33. The van der Waals surface area contributed by atoms with Gasteiger partial charge >= 0.3 is 12.3 Å². The lowest BCUT2D eigenvalue weighted by molar-refractivity contribution is -0.137. The fourth-order valence-corrected chi connectivity index (χ4v) is 3.98. The van der Waals surface area contributed by atoms with Crippen LogP contribution in [0.3, 0.4) is 0 Å². The third-order valence-electron chi connectivity index (χ3n) is 5.68. The molecule has 0 radical (unpaired) electrons. The minimum absolute atomic E-state index is 0.261. The lowest BCUT2D eigenvalue weighted by Gasteiger charge is -2.24. The lowest BCUT2D eigenvalue weighted by atomic mass is 10.1. The summed E-state index contributed by atoms with van der Waals surface area (Å²) in [4.78, 5) is 30.0. The molecule has 0 spiro atoms. The molecule has 0 fully saturated rings.